The van der Waals surface area contributed by atoms with E-state index < -0.39 is 30.2 Å². The number of nitrogens with one attached hydrogen (secondary N) is 1. The summed E-state index contributed by atoms with van der Waals surface area (Å²) < 4.78 is 27.2. The van der Waals surface area contributed by atoms with Gasteiger partial charge in [0.25, 0.3) is 5.91 Å². The minimum Gasteiger partial charge on any atom is -0.394 e. The van der Waals surface area contributed by atoms with Gasteiger partial charge in [-0.1, -0.05) is 29.3 Å². The van der Waals surface area contributed by atoms with Gasteiger partial charge in [-0.15, -0.1) is 0 Å². The molecule has 2 N–H and O–H groups in total. The Morgan fingerprint density at radius 3 is 2.59 bits per heavy atom. The summed E-state index contributed by atoms with van der Waals surface area (Å²) in [5, 5.41) is 11.8. The lowest BCUT2D eigenvalue weighted by molar-refractivity contribution is 0.0912. The number of aliphatic hydroxyl groups excluding tert-OH is 1. The van der Waals surface area contributed by atoms with Gasteiger partial charge in [-0.05, 0) is 36.8 Å². The van der Waals surface area contributed by atoms with Gasteiger partial charge in [-0.25, -0.2) is 8.78 Å². The molecule has 6 heteroatoms. The van der Waals surface area contributed by atoms with Crippen LogP contribution in [-0.4, -0.2) is 17.6 Å². The van der Waals surface area contributed by atoms with Crippen molar-refractivity contribution < 1.29 is 18.7 Å². The van der Waals surface area contributed by atoms with Gasteiger partial charge in [0.15, 0.2) is 0 Å². The second-order valence-corrected chi connectivity index (χ2v) is 5.27. The molecule has 0 saturated carbocycles. The molecule has 0 bridgehead atoms. The molecule has 0 fully saturated rings. The molecule has 0 radical (unpaired) electrons. The number of aryl methyl sites for hydroxylation is 1. The Labute approximate surface area is 131 Å². The second-order valence-electron chi connectivity index (χ2n) is 4.87. The van der Waals surface area contributed by atoms with E-state index in [2.05, 4.69) is 5.32 Å². The molecule has 116 valence electrons. The maximum Gasteiger partial charge on any atom is 0.254 e. The van der Waals surface area contributed by atoms with Crippen LogP contribution in [0.15, 0.2) is 36.4 Å². The van der Waals surface area contributed by atoms with Gasteiger partial charge in [0.05, 0.1) is 23.2 Å². The van der Waals surface area contributed by atoms with E-state index in [1.165, 1.54) is 24.3 Å². The summed E-state index contributed by atoms with van der Waals surface area (Å²) in [7, 11) is 0. The number of aliphatic hydroxyl groups is 1. The van der Waals surface area contributed by atoms with Crippen LogP contribution in [0.2, 0.25) is 5.02 Å². The average Bonchev–Trinajstić information content (AvgIpc) is 2.50. The van der Waals surface area contributed by atoms with Gasteiger partial charge in [0, 0.05) is 0 Å². The van der Waals surface area contributed by atoms with Crippen LogP contribution in [0.4, 0.5) is 8.78 Å². The summed E-state index contributed by atoms with van der Waals surface area (Å²) >= 11 is 5.59. The molecule has 0 heterocycles. The van der Waals surface area contributed by atoms with E-state index in [-0.39, 0.29) is 10.6 Å². The fourth-order valence-corrected chi connectivity index (χ4v) is 2.13. The zero-order chi connectivity index (χ0) is 16.3. The van der Waals surface area contributed by atoms with E-state index in [9.17, 15) is 18.7 Å². The third-order valence-corrected chi connectivity index (χ3v) is 3.51. The average molecular weight is 326 g/mol. The van der Waals surface area contributed by atoms with Gasteiger partial charge in [0.1, 0.15) is 11.6 Å². The van der Waals surface area contributed by atoms with Crippen LogP contribution in [0.1, 0.15) is 27.5 Å². The minimum atomic E-state index is -0.862. The third kappa shape index (κ3) is 3.61. The van der Waals surface area contributed by atoms with E-state index >= 15 is 0 Å². The highest BCUT2D eigenvalue weighted by Gasteiger charge is 2.18. The van der Waals surface area contributed by atoms with Crippen molar-refractivity contribution in [3.63, 3.8) is 0 Å². The highest BCUT2D eigenvalue weighted by molar-refractivity contribution is 6.30. The SMILES string of the molecule is Cc1ccc(F)c(C(=O)NC(CO)c2ccc(Cl)c(F)c2)c1. The molecular formula is C16H14ClF2NO2. The van der Waals surface area contributed by atoms with E-state index in [0.717, 1.165) is 11.6 Å². The van der Waals surface area contributed by atoms with Crippen LogP contribution in [0, 0.1) is 18.6 Å². The van der Waals surface area contributed by atoms with E-state index in [4.69, 9.17) is 11.6 Å². The Morgan fingerprint density at radius 2 is 1.95 bits per heavy atom. The Morgan fingerprint density at radius 1 is 1.23 bits per heavy atom. The predicted molar refractivity (Wildman–Crippen MR) is 79.8 cm³/mol. The van der Waals surface area contributed by atoms with Crippen molar-refractivity contribution in [3.8, 4) is 0 Å². The molecule has 2 rings (SSSR count). The zero-order valence-corrected chi connectivity index (χ0v) is 12.5. The normalized spacial score (nSPS) is 12.0. The summed E-state index contributed by atoms with van der Waals surface area (Å²) in [5.74, 6) is -2.01. The molecule has 1 unspecified atom stereocenters. The van der Waals surface area contributed by atoms with Crippen LogP contribution in [0.5, 0.6) is 0 Å². The minimum absolute atomic E-state index is 0.0588. The van der Waals surface area contributed by atoms with Crippen molar-refractivity contribution in [2.75, 3.05) is 6.61 Å². The molecule has 22 heavy (non-hydrogen) atoms. The molecular weight excluding hydrogens is 312 g/mol. The molecule has 3 nitrogen and oxygen atoms in total. The number of hydrogen-bond acceptors (Lipinski definition) is 2. The van der Waals surface area contributed by atoms with E-state index in [1.807, 2.05) is 0 Å². The smallest absolute Gasteiger partial charge is 0.254 e. The molecule has 0 aliphatic carbocycles. The van der Waals surface area contributed by atoms with E-state index in [1.54, 1.807) is 13.0 Å². The lowest BCUT2D eigenvalue weighted by Crippen LogP contribution is -2.31. The number of amides is 1. The first-order valence-corrected chi connectivity index (χ1v) is 6.93. The highest BCUT2D eigenvalue weighted by Crippen LogP contribution is 2.21. The van der Waals surface area contributed by atoms with Gasteiger partial charge >= 0.3 is 0 Å². The summed E-state index contributed by atoms with van der Waals surface area (Å²) in [5.41, 5.74) is 0.934. The van der Waals surface area contributed by atoms with Crippen molar-refractivity contribution >= 4 is 17.5 Å². The molecule has 0 spiro atoms. The summed E-state index contributed by atoms with van der Waals surface area (Å²) in [6.45, 7) is 1.27. The maximum atomic E-state index is 13.7. The lowest BCUT2D eigenvalue weighted by atomic mass is 10.1. The van der Waals surface area contributed by atoms with Crippen LogP contribution in [0.3, 0.4) is 0 Å². The first-order valence-electron chi connectivity index (χ1n) is 6.55. The fourth-order valence-electron chi connectivity index (χ4n) is 2.01. The molecule has 0 aromatic heterocycles. The lowest BCUT2D eigenvalue weighted by Gasteiger charge is -2.17. The summed E-state index contributed by atoms with van der Waals surface area (Å²) in [6, 6.07) is 7.22. The first-order chi connectivity index (χ1) is 10.4. The van der Waals surface area contributed by atoms with Crippen LogP contribution < -0.4 is 5.32 Å². The maximum absolute atomic E-state index is 13.7. The van der Waals surface area contributed by atoms with Crippen LogP contribution >= 0.6 is 11.6 Å². The van der Waals surface area contributed by atoms with Crippen molar-refractivity contribution in [2.24, 2.45) is 0 Å². The number of carbonyl (C=O) groups excluding carboxylic acids is 1. The Hall–Kier alpha value is -1.98. The molecule has 1 atom stereocenters. The number of carbonyl (C=O) groups is 1. The topological polar surface area (TPSA) is 49.3 Å². The van der Waals surface area contributed by atoms with Gasteiger partial charge in [-0.3, -0.25) is 4.79 Å². The Bertz CT molecular complexity index is 707. The third-order valence-electron chi connectivity index (χ3n) is 3.20. The standard InChI is InChI=1S/C16H14ClF2NO2/c1-9-2-5-13(18)11(6-9)16(22)20-15(8-21)10-3-4-12(17)14(19)7-10/h2-7,15,21H,8H2,1H3,(H,20,22). The van der Waals surface area contributed by atoms with Crippen molar-refractivity contribution in [2.45, 2.75) is 13.0 Å². The molecule has 0 aliphatic heterocycles. The molecule has 2 aromatic rings. The zero-order valence-electron chi connectivity index (χ0n) is 11.7. The predicted octanol–water partition coefficient (Wildman–Crippen LogP) is 3.39. The van der Waals surface area contributed by atoms with Gasteiger partial charge in [0.2, 0.25) is 0 Å². The monoisotopic (exact) mass is 325 g/mol. The highest BCUT2D eigenvalue weighted by atomic mass is 35.5. The molecule has 1 amide bonds. The Balaban J connectivity index is 2.24. The number of hydrogen-bond donors (Lipinski definition) is 2. The molecule has 0 aliphatic rings. The van der Waals surface area contributed by atoms with E-state index in [0.29, 0.717) is 5.56 Å². The van der Waals surface area contributed by atoms with Crippen LogP contribution in [-0.2, 0) is 0 Å². The summed E-state index contributed by atoms with van der Waals surface area (Å²) in [4.78, 5) is 12.1. The van der Waals surface area contributed by atoms with Crippen molar-refractivity contribution in [1.29, 1.82) is 0 Å². The fraction of sp³-hybridized carbons (Fsp3) is 0.188. The number of halogens is 3. The van der Waals surface area contributed by atoms with Crippen molar-refractivity contribution in [1.82, 2.24) is 5.32 Å². The quantitative estimate of drug-likeness (QED) is 0.905. The largest absolute Gasteiger partial charge is 0.394 e. The number of rotatable bonds is 4. The van der Waals surface area contributed by atoms with Crippen molar-refractivity contribution in [3.05, 3.63) is 69.7 Å². The van der Waals surface area contributed by atoms with Gasteiger partial charge < -0.3 is 10.4 Å². The van der Waals surface area contributed by atoms with Gasteiger partial charge in [-0.2, -0.15) is 0 Å². The summed E-state index contributed by atoms with van der Waals surface area (Å²) in [6.07, 6.45) is 0. The van der Waals surface area contributed by atoms with Crippen LogP contribution in [0.25, 0.3) is 0 Å². The first kappa shape index (κ1) is 16.4. The number of benzene rings is 2. The molecule has 2 aromatic carbocycles. The Kier molecular flexibility index (Phi) is 5.11. The second kappa shape index (κ2) is 6.85. The molecule has 0 saturated heterocycles.